The number of carbonyl (C=O) groups is 2. The van der Waals surface area contributed by atoms with E-state index in [1.807, 2.05) is 4.72 Å². The SMILES string of the molecule is CNC(=O)C(=Nc1ccc(Br)cc1)c1cc(C2CC2)c(N(CCCC(=O)NS(=O)(=O)N(C)C)S(C)(=O)=O)cc1N. The fourth-order valence-electron chi connectivity index (χ4n) is 3.89. The molecule has 0 aromatic heterocycles. The van der Waals surface area contributed by atoms with Crippen molar-refractivity contribution in [2.45, 2.75) is 31.6 Å². The largest absolute Gasteiger partial charge is 0.398 e. The molecule has 1 saturated carbocycles. The summed E-state index contributed by atoms with van der Waals surface area (Å²) < 4.78 is 54.4. The van der Waals surface area contributed by atoms with E-state index in [2.05, 4.69) is 26.2 Å². The van der Waals surface area contributed by atoms with E-state index in [-0.39, 0.29) is 36.7 Å². The highest BCUT2D eigenvalue weighted by Gasteiger charge is 2.32. The van der Waals surface area contributed by atoms with Gasteiger partial charge >= 0.3 is 10.2 Å². The number of sulfonamides is 1. The number of nitrogens with zero attached hydrogens (tertiary/aromatic N) is 3. The average molecular weight is 658 g/mol. The van der Waals surface area contributed by atoms with Crippen molar-refractivity contribution in [3.63, 3.8) is 0 Å². The Morgan fingerprint density at radius 1 is 1.10 bits per heavy atom. The summed E-state index contributed by atoms with van der Waals surface area (Å²) in [5.74, 6) is -1.15. The zero-order chi connectivity index (χ0) is 29.8. The van der Waals surface area contributed by atoms with Gasteiger partial charge in [0.2, 0.25) is 15.9 Å². The highest BCUT2D eigenvalue weighted by atomic mass is 79.9. The Morgan fingerprint density at radius 3 is 2.25 bits per heavy atom. The summed E-state index contributed by atoms with van der Waals surface area (Å²) in [5.41, 5.74) is 8.60. The van der Waals surface area contributed by atoms with Crippen LogP contribution in [-0.4, -0.2) is 72.6 Å². The highest BCUT2D eigenvalue weighted by Crippen LogP contribution is 2.46. The van der Waals surface area contributed by atoms with Gasteiger partial charge in [-0.3, -0.25) is 13.9 Å². The number of benzene rings is 2. The number of aliphatic imine (C=N–C) groups is 1. The van der Waals surface area contributed by atoms with E-state index < -0.39 is 32.0 Å². The molecule has 1 aliphatic rings. The van der Waals surface area contributed by atoms with Gasteiger partial charge in [-0.2, -0.15) is 12.7 Å². The van der Waals surface area contributed by atoms with Crippen LogP contribution < -0.4 is 20.1 Å². The lowest BCUT2D eigenvalue weighted by molar-refractivity contribution is -0.119. The van der Waals surface area contributed by atoms with E-state index in [0.717, 1.165) is 27.9 Å². The summed E-state index contributed by atoms with van der Waals surface area (Å²) in [5, 5.41) is 2.59. The molecule has 0 saturated heterocycles. The van der Waals surface area contributed by atoms with Gasteiger partial charge in [-0.25, -0.2) is 18.1 Å². The number of nitrogens with one attached hydrogen (secondary N) is 2. The maximum atomic E-state index is 12.9. The minimum absolute atomic E-state index is 0.0577. The Labute approximate surface area is 243 Å². The summed E-state index contributed by atoms with van der Waals surface area (Å²) in [6.45, 7) is -0.0813. The topological polar surface area (TPSA) is 171 Å². The molecule has 1 aliphatic carbocycles. The molecule has 0 spiro atoms. The van der Waals surface area contributed by atoms with Gasteiger partial charge in [-0.05, 0) is 67.1 Å². The first-order valence-corrected chi connectivity index (χ1v) is 16.4. The van der Waals surface area contributed by atoms with Gasteiger partial charge in [0.05, 0.1) is 17.6 Å². The number of nitrogens with two attached hydrogens (primary N) is 1. The number of nitrogen functional groups attached to an aromatic ring is 1. The van der Waals surface area contributed by atoms with Crippen LogP contribution in [0.15, 0.2) is 45.9 Å². The number of hydrogen-bond donors (Lipinski definition) is 3. The van der Waals surface area contributed by atoms with Crippen LogP contribution in [0.5, 0.6) is 0 Å². The van der Waals surface area contributed by atoms with Crippen LogP contribution in [0.3, 0.4) is 0 Å². The van der Waals surface area contributed by atoms with Crippen molar-refractivity contribution < 1.29 is 26.4 Å². The number of likely N-dealkylation sites (N-methyl/N-ethyl adjacent to an activating group) is 1. The van der Waals surface area contributed by atoms with Gasteiger partial charge in [0.1, 0.15) is 5.71 Å². The van der Waals surface area contributed by atoms with E-state index in [0.29, 0.717) is 22.5 Å². The van der Waals surface area contributed by atoms with E-state index >= 15 is 0 Å². The third kappa shape index (κ3) is 8.02. The summed E-state index contributed by atoms with van der Waals surface area (Å²) >= 11 is 3.37. The fourth-order valence-corrected chi connectivity index (χ4v) is 5.71. The lowest BCUT2D eigenvalue weighted by atomic mass is 9.98. The maximum absolute atomic E-state index is 12.9. The molecule has 2 aromatic rings. The normalized spacial score (nSPS) is 14.2. The molecular formula is C25H33BrN6O6S2. The Morgan fingerprint density at radius 2 is 1.73 bits per heavy atom. The number of hydrogen-bond acceptors (Lipinski definition) is 8. The Hall–Kier alpha value is -3.01. The molecule has 2 amide bonds. The van der Waals surface area contributed by atoms with E-state index in [9.17, 15) is 26.4 Å². The smallest absolute Gasteiger partial charge is 0.303 e. The average Bonchev–Trinajstić information content (AvgIpc) is 3.70. The minimum atomic E-state index is -3.95. The molecular weight excluding hydrogens is 624 g/mol. The van der Waals surface area contributed by atoms with E-state index in [4.69, 9.17) is 5.73 Å². The molecule has 12 nitrogen and oxygen atoms in total. The molecule has 40 heavy (non-hydrogen) atoms. The quantitative estimate of drug-likeness (QED) is 0.232. The Bertz CT molecular complexity index is 1520. The number of anilines is 2. The molecule has 2 aromatic carbocycles. The van der Waals surface area contributed by atoms with Gasteiger partial charge in [0.15, 0.2) is 0 Å². The number of carbonyl (C=O) groups excluding carboxylic acids is 2. The third-order valence-electron chi connectivity index (χ3n) is 6.14. The molecule has 4 N–H and O–H groups in total. The maximum Gasteiger partial charge on any atom is 0.303 e. The van der Waals surface area contributed by atoms with Crippen LogP contribution in [-0.2, 0) is 29.8 Å². The standard InChI is InChI=1S/C25H33BrN6O6S2/c1-28-25(34)24(29-18-11-9-17(26)10-12-18)20-14-19(16-7-8-16)22(15-21(20)27)32(39(4,35)36)13-5-6-23(33)30-40(37,38)31(2)3/h9-12,14-16H,5-8,13,27H2,1-4H3,(H,28,34)(H,30,33). The fraction of sp³-hybridized carbons (Fsp3) is 0.400. The van der Waals surface area contributed by atoms with Gasteiger partial charge in [0, 0.05) is 49.8 Å². The van der Waals surface area contributed by atoms with Crippen molar-refractivity contribution in [3.8, 4) is 0 Å². The Kier molecular flexibility index (Phi) is 9.98. The molecule has 15 heteroatoms. The van der Waals surface area contributed by atoms with Crippen LogP contribution in [0, 0.1) is 0 Å². The number of amides is 2. The molecule has 0 radical (unpaired) electrons. The van der Waals surface area contributed by atoms with E-state index in [1.54, 1.807) is 30.3 Å². The summed E-state index contributed by atoms with van der Waals surface area (Å²) in [4.78, 5) is 29.6. The van der Waals surface area contributed by atoms with Crippen molar-refractivity contribution in [1.82, 2.24) is 14.3 Å². The highest BCUT2D eigenvalue weighted by molar-refractivity contribution is 9.10. The first-order chi connectivity index (χ1) is 18.6. The van der Waals surface area contributed by atoms with Gasteiger partial charge < -0.3 is 11.1 Å². The van der Waals surface area contributed by atoms with Crippen LogP contribution in [0.1, 0.15) is 42.7 Å². The molecule has 0 heterocycles. The number of rotatable bonds is 12. The monoisotopic (exact) mass is 656 g/mol. The van der Waals surface area contributed by atoms with Crippen LogP contribution in [0.4, 0.5) is 17.1 Å². The summed E-state index contributed by atoms with van der Waals surface area (Å²) in [6, 6.07) is 10.3. The molecule has 0 bridgehead atoms. The van der Waals surface area contributed by atoms with Gasteiger partial charge in [-0.15, -0.1) is 0 Å². The van der Waals surface area contributed by atoms with E-state index in [1.165, 1.54) is 31.5 Å². The van der Waals surface area contributed by atoms with Crippen molar-refractivity contribution >= 4 is 70.8 Å². The zero-order valence-electron chi connectivity index (χ0n) is 22.6. The van der Waals surface area contributed by atoms with Crippen molar-refractivity contribution in [1.29, 1.82) is 0 Å². The predicted octanol–water partition coefficient (Wildman–Crippen LogP) is 2.24. The first kappa shape index (κ1) is 31.5. The minimum Gasteiger partial charge on any atom is -0.398 e. The summed E-state index contributed by atoms with van der Waals surface area (Å²) in [7, 11) is -3.71. The number of halogens is 1. The van der Waals surface area contributed by atoms with Gasteiger partial charge in [-0.1, -0.05) is 15.9 Å². The Balaban J connectivity index is 1.98. The van der Waals surface area contributed by atoms with Crippen molar-refractivity contribution in [2.24, 2.45) is 4.99 Å². The predicted molar refractivity (Wildman–Crippen MR) is 159 cm³/mol. The lowest BCUT2D eigenvalue weighted by Crippen LogP contribution is -2.40. The molecule has 0 atom stereocenters. The van der Waals surface area contributed by atoms with Crippen LogP contribution >= 0.6 is 15.9 Å². The lowest BCUT2D eigenvalue weighted by Gasteiger charge is -2.26. The second-order valence-corrected chi connectivity index (χ2v) is 14.2. The van der Waals surface area contributed by atoms with Crippen molar-refractivity contribution in [2.75, 3.05) is 44.0 Å². The molecule has 0 unspecified atom stereocenters. The molecule has 218 valence electrons. The second-order valence-electron chi connectivity index (χ2n) is 9.54. The summed E-state index contributed by atoms with van der Waals surface area (Å²) in [6.07, 6.45) is 2.55. The second kappa shape index (κ2) is 12.7. The van der Waals surface area contributed by atoms with Crippen LogP contribution in [0.25, 0.3) is 0 Å². The molecule has 3 rings (SSSR count). The molecule has 0 aliphatic heterocycles. The van der Waals surface area contributed by atoms with Crippen LogP contribution in [0.2, 0.25) is 0 Å². The van der Waals surface area contributed by atoms with Crippen molar-refractivity contribution in [3.05, 3.63) is 52.0 Å². The third-order valence-corrected chi connectivity index (χ3v) is 9.29. The zero-order valence-corrected chi connectivity index (χ0v) is 25.9. The molecule has 1 fully saturated rings. The van der Waals surface area contributed by atoms with Gasteiger partial charge in [0.25, 0.3) is 5.91 Å². The first-order valence-electron chi connectivity index (χ1n) is 12.3.